The summed E-state index contributed by atoms with van der Waals surface area (Å²) in [6.07, 6.45) is 0.559. The Morgan fingerprint density at radius 1 is 1.04 bits per heavy atom. The maximum absolute atomic E-state index is 13.0. The first-order valence-electron chi connectivity index (χ1n) is 8.98. The predicted molar refractivity (Wildman–Crippen MR) is 98.7 cm³/mol. The molecular formula is C21H19N3O2. The first kappa shape index (κ1) is 15.2. The molecule has 26 heavy (non-hydrogen) atoms. The lowest BCUT2D eigenvalue weighted by molar-refractivity contribution is -0.128. The largest absolute Gasteiger partial charge is 0.356 e. The van der Waals surface area contributed by atoms with Crippen molar-refractivity contribution in [3.63, 3.8) is 0 Å². The summed E-state index contributed by atoms with van der Waals surface area (Å²) in [7, 11) is 0. The van der Waals surface area contributed by atoms with Gasteiger partial charge in [-0.25, -0.2) is 4.79 Å². The number of nitrogens with one attached hydrogen (secondary N) is 1. The second kappa shape index (κ2) is 5.46. The van der Waals surface area contributed by atoms with Crippen molar-refractivity contribution in [1.82, 2.24) is 14.8 Å². The van der Waals surface area contributed by atoms with E-state index in [1.807, 2.05) is 55.5 Å². The SMILES string of the molecule is CCN1C(=O)C2Cc3c([nH]c4ccccc34)C(c3ccccc3)N2C1=O. The Morgan fingerprint density at radius 2 is 1.77 bits per heavy atom. The van der Waals surface area contributed by atoms with Gasteiger partial charge in [0.2, 0.25) is 0 Å². The van der Waals surface area contributed by atoms with Crippen LogP contribution in [0.2, 0.25) is 0 Å². The molecule has 1 N–H and O–H groups in total. The molecule has 2 aliphatic heterocycles. The number of rotatable bonds is 2. The molecule has 2 aliphatic rings. The van der Waals surface area contributed by atoms with Crippen LogP contribution < -0.4 is 0 Å². The van der Waals surface area contributed by atoms with Crippen molar-refractivity contribution in [2.24, 2.45) is 0 Å². The summed E-state index contributed by atoms with van der Waals surface area (Å²) < 4.78 is 0. The average molecular weight is 345 g/mol. The van der Waals surface area contributed by atoms with Crippen molar-refractivity contribution in [3.8, 4) is 0 Å². The number of para-hydroxylation sites is 1. The van der Waals surface area contributed by atoms with Crippen molar-refractivity contribution in [1.29, 1.82) is 0 Å². The molecule has 0 radical (unpaired) electrons. The Labute approximate surface area is 151 Å². The first-order valence-corrected chi connectivity index (χ1v) is 8.98. The molecule has 0 spiro atoms. The van der Waals surface area contributed by atoms with E-state index in [1.165, 1.54) is 4.90 Å². The van der Waals surface area contributed by atoms with Gasteiger partial charge in [-0.15, -0.1) is 0 Å². The van der Waals surface area contributed by atoms with E-state index < -0.39 is 6.04 Å². The minimum atomic E-state index is -0.431. The number of carbonyl (C=O) groups is 2. The van der Waals surface area contributed by atoms with Gasteiger partial charge >= 0.3 is 6.03 Å². The number of likely N-dealkylation sites (N-methyl/N-ethyl adjacent to an activating group) is 1. The molecule has 0 saturated carbocycles. The molecular weight excluding hydrogens is 326 g/mol. The van der Waals surface area contributed by atoms with Gasteiger partial charge in [-0.2, -0.15) is 0 Å². The van der Waals surface area contributed by atoms with Gasteiger partial charge in [0.15, 0.2) is 0 Å². The van der Waals surface area contributed by atoms with Crippen molar-refractivity contribution in [2.75, 3.05) is 6.54 Å². The standard InChI is InChI=1S/C21H19N3O2/c1-2-23-20(25)17-12-15-14-10-6-7-11-16(14)22-18(15)19(24(17)21(23)26)13-8-4-3-5-9-13/h3-11,17,19,22H,2,12H2,1H3. The van der Waals surface area contributed by atoms with E-state index in [9.17, 15) is 9.59 Å². The molecule has 0 bridgehead atoms. The lowest BCUT2D eigenvalue weighted by atomic mass is 9.89. The number of H-pyrrole nitrogens is 1. The minimum Gasteiger partial charge on any atom is -0.356 e. The maximum atomic E-state index is 13.0. The van der Waals surface area contributed by atoms with Gasteiger partial charge in [0.1, 0.15) is 12.1 Å². The molecule has 1 aromatic heterocycles. The van der Waals surface area contributed by atoms with Crippen molar-refractivity contribution >= 4 is 22.8 Å². The molecule has 1 saturated heterocycles. The fourth-order valence-electron chi connectivity index (χ4n) is 4.40. The number of nitrogens with zero attached hydrogens (tertiary/aromatic N) is 2. The Balaban J connectivity index is 1.76. The zero-order valence-corrected chi connectivity index (χ0v) is 14.5. The summed E-state index contributed by atoms with van der Waals surface area (Å²) in [6.45, 7) is 2.25. The minimum absolute atomic E-state index is 0.0886. The van der Waals surface area contributed by atoms with Gasteiger partial charge in [0.05, 0.1) is 0 Å². The van der Waals surface area contributed by atoms with Crippen LogP contribution in [0, 0.1) is 0 Å². The fraction of sp³-hybridized carbons (Fsp3) is 0.238. The molecule has 1 fully saturated rings. The second-order valence-electron chi connectivity index (χ2n) is 6.87. The maximum Gasteiger partial charge on any atom is 0.328 e. The van der Waals surface area contributed by atoms with Crippen LogP contribution in [-0.2, 0) is 11.2 Å². The highest BCUT2D eigenvalue weighted by Crippen LogP contribution is 2.43. The molecule has 3 amide bonds. The van der Waals surface area contributed by atoms with E-state index in [1.54, 1.807) is 4.90 Å². The number of hydrogen-bond acceptors (Lipinski definition) is 2. The number of aromatic nitrogens is 1. The summed E-state index contributed by atoms with van der Waals surface area (Å²) in [4.78, 5) is 32.5. The van der Waals surface area contributed by atoms with Crippen molar-refractivity contribution in [3.05, 3.63) is 71.4 Å². The number of carbonyl (C=O) groups excluding carboxylic acids is 2. The summed E-state index contributed by atoms with van der Waals surface area (Å²) in [5.41, 5.74) is 4.23. The van der Waals surface area contributed by atoms with Gasteiger partial charge in [0, 0.05) is 29.6 Å². The van der Waals surface area contributed by atoms with Gasteiger partial charge in [0.25, 0.3) is 5.91 Å². The fourth-order valence-corrected chi connectivity index (χ4v) is 4.40. The molecule has 0 aliphatic carbocycles. The number of benzene rings is 2. The third kappa shape index (κ3) is 1.91. The Morgan fingerprint density at radius 3 is 2.54 bits per heavy atom. The Bertz CT molecular complexity index is 1020. The zero-order chi connectivity index (χ0) is 17.8. The summed E-state index contributed by atoms with van der Waals surface area (Å²) in [6, 6.07) is 17.2. The molecule has 2 unspecified atom stereocenters. The summed E-state index contributed by atoms with van der Waals surface area (Å²) in [5, 5.41) is 1.14. The molecule has 5 rings (SSSR count). The van der Waals surface area contributed by atoms with Crippen LogP contribution in [0.3, 0.4) is 0 Å². The van der Waals surface area contributed by atoms with Crippen molar-refractivity contribution < 1.29 is 9.59 Å². The summed E-state index contributed by atoms with van der Waals surface area (Å²) >= 11 is 0. The normalized spacial score (nSPS) is 22.0. The lowest BCUT2D eigenvalue weighted by Gasteiger charge is -2.36. The number of urea groups is 1. The molecule has 3 heterocycles. The van der Waals surface area contributed by atoms with Crippen LogP contribution in [0.15, 0.2) is 54.6 Å². The van der Waals surface area contributed by atoms with E-state index in [4.69, 9.17) is 0 Å². The predicted octanol–water partition coefficient (Wildman–Crippen LogP) is 3.47. The topological polar surface area (TPSA) is 56.4 Å². The second-order valence-corrected chi connectivity index (χ2v) is 6.87. The van der Waals surface area contributed by atoms with Crippen LogP contribution >= 0.6 is 0 Å². The first-order chi connectivity index (χ1) is 12.7. The van der Waals surface area contributed by atoms with Gasteiger partial charge < -0.3 is 4.98 Å². The quantitative estimate of drug-likeness (QED) is 0.723. The van der Waals surface area contributed by atoms with E-state index in [2.05, 4.69) is 11.1 Å². The number of imide groups is 1. The van der Waals surface area contributed by atoms with Crippen LogP contribution in [0.4, 0.5) is 4.79 Å². The molecule has 5 heteroatoms. The highest BCUT2D eigenvalue weighted by Gasteiger charge is 2.51. The molecule has 5 nitrogen and oxygen atoms in total. The van der Waals surface area contributed by atoms with Crippen LogP contribution in [0.25, 0.3) is 10.9 Å². The average Bonchev–Trinajstić information content (AvgIpc) is 3.16. The van der Waals surface area contributed by atoms with E-state index in [-0.39, 0.29) is 18.0 Å². The number of hydrogen-bond donors (Lipinski definition) is 1. The van der Waals surface area contributed by atoms with Crippen LogP contribution in [0.5, 0.6) is 0 Å². The molecule has 2 atom stereocenters. The van der Waals surface area contributed by atoms with E-state index >= 15 is 0 Å². The lowest BCUT2D eigenvalue weighted by Crippen LogP contribution is -2.44. The third-order valence-corrected chi connectivity index (χ3v) is 5.57. The Kier molecular flexibility index (Phi) is 3.19. The van der Waals surface area contributed by atoms with Gasteiger partial charge in [-0.3, -0.25) is 14.6 Å². The van der Waals surface area contributed by atoms with Crippen LogP contribution in [0.1, 0.15) is 29.8 Å². The van der Waals surface area contributed by atoms with E-state index in [0.29, 0.717) is 13.0 Å². The zero-order valence-electron chi connectivity index (χ0n) is 14.5. The van der Waals surface area contributed by atoms with Gasteiger partial charge in [-0.05, 0) is 24.1 Å². The summed E-state index contributed by atoms with van der Waals surface area (Å²) in [5.74, 6) is -0.0886. The van der Waals surface area contributed by atoms with Crippen molar-refractivity contribution in [2.45, 2.75) is 25.4 Å². The van der Waals surface area contributed by atoms with E-state index in [0.717, 1.165) is 27.7 Å². The molecule has 3 aromatic rings. The number of amides is 3. The smallest absolute Gasteiger partial charge is 0.328 e. The number of fused-ring (bicyclic) bond motifs is 4. The highest BCUT2D eigenvalue weighted by molar-refractivity contribution is 6.05. The van der Waals surface area contributed by atoms with Gasteiger partial charge in [-0.1, -0.05) is 48.5 Å². The molecule has 2 aromatic carbocycles. The Hall–Kier alpha value is -3.08. The monoisotopic (exact) mass is 345 g/mol. The number of aromatic amines is 1. The third-order valence-electron chi connectivity index (χ3n) is 5.57. The molecule has 130 valence electrons. The van der Waals surface area contributed by atoms with Crippen LogP contribution in [-0.4, -0.2) is 39.3 Å². The highest BCUT2D eigenvalue weighted by atomic mass is 16.2.